The summed E-state index contributed by atoms with van der Waals surface area (Å²) < 4.78 is 26.2. The zero-order chi connectivity index (χ0) is 22.3. The number of hydrogen-bond donors (Lipinski definition) is 0. The minimum Gasteiger partial charge on any atom is -0.486 e. The van der Waals surface area contributed by atoms with Crippen molar-refractivity contribution >= 4 is 23.6 Å². The second kappa shape index (κ2) is 7.68. The summed E-state index contributed by atoms with van der Waals surface area (Å²) in [6.45, 7) is 6.05. The molecule has 1 saturated heterocycles. The van der Waals surface area contributed by atoms with Crippen LogP contribution in [-0.4, -0.2) is 47.6 Å². The molecule has 0 aliphatic carbocycles. The van der Waals surface area contributed by atoms with Crippen LogP contribution in [0.25, 0.3) is 0 Å². The van der Waals surface area contributed by atoms with Crippen LogP contribution >= 0.6 is 0 Å². The van der Waals surface area contributed by atoms with Crippen molar-refractivity contribution in [3.63, 3.8) is 0 Å². The summed E-state index contributed by atoms with van der Waals surface area (Å²) in [5.41, 5.74) is -0.390. The molecule has 0 saturated carbocycles. The highest BCUT2D eigenvalue weighted by molar-refractivity contribution is 6.34. The number of carbonyl (C=O) groups is 3. The predicted molar refractivity (Wildman–Crippen MR) is 111 cm³/mol. The van der Waals surface area contributed by atoms with Crippen LogP contribution in [-0.2, 0) is 4.74 Å². The van der Waals surface area contributed by atoms with Gasteiger partial charge in [0.05, 0.1) is 17.7 Å². The van der Waals surface area contributed by atoms with Crippen molar-refractivity contribution in [3.05, 3.63) is 59.4 Å². The lowest BCUT2D eigenvalue weighted by molar-refractivity contribution is 0.0275. The van der Waals surface area contributed by atoms with Gasteiger partial charge in [0, 0.05) is 13.0 Å². The van der Waals surface area contributed by atoms with Gasteiger partial charge in [0.1, 0.15) is 23.1 Å². The van der Waals surface area contributed by atoms with E-state index in [9.17, 15) is 18.8 Å². The molecule has 2 aliphatic rings. The SMILES string of the molecule is CC(C)(C)OC(=O)N1CCC(Oc2cccc(F)c2N2C(=O)c3ccccc3C2=O)C1. The molecule has 0 aromatic heterocycles. The van der Waals surface area contributed by atoms with E-state index in [1.54, 1.807) is 32.9 Å². The van der Waals surface area contributed by atoms with E-state index in [2.05, 4.69) is 0 Å². The van der Waals surface area contributed by atoms with Crippen LogP contribution in [0, 0.1) is 5.82 Å². The molecule has 31 heavy (non-hydrogen) atoms. The highest BCUT2D eigenvalue weighted by Gasteiger charge is 2.40. The largest absolute Gasteiger partial charge is 0.486 e. The quantitative estimate of drug-likeness (QED) is 0.693. The monoisotopic (exact) mass is 426 g/mol. The highest BCUT2D eigenvalue weighted by atomic mass is 19.1. The Labute approximate surface area is 179 Å². The topological polar surface area (TPSA) is 76.2 Å². The Kier molecular flexibility index (Phi) is 5.16. The molecular weight excluding hydrogens is 403 g/mol. The molecule has 7 nitrogen and oxygen atoms in total. The van der Waals surface area contributed by atoms with E-state index >= 15 is 0 Å². The molecule has 8 heteroatoms. The Morgan fingerprint density at radius 3 is 2.29 bits per heavy atom. The number of likely N-dealkylation sites (tertiary alicyclic amines) is 1. The average molecular weight is 426 g/mol. The molecule has 162 valence electrons. The number of anilines is 1. The van der Waals surface area contributed by atoms with Gasteiger partial charge in [0.25, 0.3) is 11.8 Å². The van der Waals surface area contributed by atoms with E-state index in [0.29, 0.717) is 13.0 Å². The zero-order valence-electron chi connectivity index (χ0n) is 17.6. The first-order valence-corrected chi connectivity index (χ1v) is 10.1. The molecule has 1 fully saturated rings. The van der Waals surface area contributed by atoms with Gasteiger partial charge in [-0.3, -0.25) is 9.59 Å². The molecular formula is C23H23FN2O5. The number of fused-ring (bicyclic) bond motifs is 1. The second-order valence-electron chi connectivity index (χ2n) is 8.53. The van der Waals surface area contributed by atoms with E-state index in [1.165, 1.54) is 35.2 Å². The van der Waals surface area contributed by atoms with Gasteiger partial charge < -0.3 is 14.4 Å². The molecule has 4 rings (SSSR count). The van der Waals surface area contributed by atoms with Crippen molar-refractivity contribution in [2.24, 2.45) is 0 Å². The fourth-order valence-corrected chi connectivity index (χ4v) is 3.70. The van der Waals surface area contributed by atoms with Crippen molar-refractivity contribution in [3.8, 4) is 5.75 Å². The van der Waals surface area contributed by atoms with Crippen molar-refractivity contribution in [2.75, 3.05) is 18.0 Å². The fraction of sp³-hybridized carbons (Fsp3) is 0.348. The first-order chi connectivity index (χ1) is 14.7. The van der Waals surface area contributed by atoms with Crippen molar-refractivity contribution < 1.29 is 28.2 Å². The molecule has 2 aliphatic heterocycles. The summed E-state index contributed by atoms with van der Waals surface area (Å²) >= 11 is 0. The molecule has 1 atom stereocenters. The van der Waals surface area contributed by atoms with Crippen LogP contribution in [0.15, 0.2) is 42.5 Å². The molecule has 2 aromatic rings. The third kappa shape index (κ3) is 3.97. The molecule has 3 amide bonds. The van der Waals surface area contributed by atoms with Gasteiger partial charge in [-0.25, -0.2) is 14.1 Å². The fourth-order valence-electron chi connectivity index (χ4n) is 3.70. The molecule has 0 spiro atoms. The Balaban J connectivity index is 1.56. The van der Waals surface area contributed by atoms with E-state index < -0.39 is 35.4 Å². The molecule has 0 radical (unpaired) electrons. The predicted octanol–water partition coefficient (Wildman–Crippen LogP) is 4.01. The Bertz CT molecular complexity index is 1030. The van der Waals surface area contributed by atoms with E-state index in [4.69, 9.17) is 9.47 Å². The number of para-hydroxylation sites is 1. The highest BCUT2D eigenvalue weighted by Crippen LogP contribution is 2.38. The number of nitrogens with zero attached hydrogens (tertiary/aromatic N) is 2. The molecule has 1 unspecified atom stereocenters. The number of imide groups is 1. The van der Waals surface area contributed by atoms with Crippen LogP contribution in [0.4, 0.5) is 14.9 Å². The first kappa shape index (κ1) is 20.8. The number of halogens is 1. The van der Waals surface area contributed by atoms with Gasteiger partial charge in [-0.15, -0.1) is 0 Å². The Morgan fingerprint density at radius 1 is 1.03 bits per heavy atom. The summed E-state index contributed by atoms with van der Waals surface area (Å²) in [6.07, 6.45) is -0.362. The lowest BCUT2D eigenvalue weighted by atomic mass is 10.1. The van der Waals surface area contributed by atoms with Gasteiger partial charge in [0.2, 0.25) is 0 Å². The number of benzene rings is 2. The van der Waals surface area contributed by atoms with Crippen LogP contribution in [0.1, 0.15) is 47.9 Å². The number of rotatable bonds is 3. The Hall–Kier alpha value is -3.42. The summed E-state index contributed by atoms with van der Waals surface area (Å²) in [6, 6.07) is 10.5. The number of hydrogen-bond acceptors (Lipinski definition) is 5. The van der Waals surface area contributed by atoms with E-state index in [-0.39, 0.29) is 29.1 Å². The van der Waals surface area contributed by atoms with Gasteiger partial charge in [-0.2, -0.15) is 0 Å². The molecule has 0 N–H and O–H groups in total. The third-order valence-electron chi connectivity index (χ3n) is 5.06. The molecule has 2 heterocycles. The smallest absolute Gasteiger partial charge is 0.410 e. The van der Waals surface area contributed by atoms with Crippen molar-refractivity contribution in [1.82, 2.24) is 4.90 Å². The maximum Gasteiger partial charge on any atom is 0.410 e. The van der Waals surface area contributed by atoms with Crippen molar-refractivity contribution in [1.29, 1.82) is 0 Å². The standard InChI is InChI=1S/C23H23FN2O5/c1-23(2,3)31-22(29)25-12-11-14(13-25)30-18-10-6-9-17(24)19(18)26-20(27)15-7-4-5-8-16(15)21(26)28/h4-10,14H,11-13H2,1-3H3. The van der Waals surface area contributed by atoms with Gasteiger partial charge in [-0.1, -0.05) is 18.2 Å². The summed E-state index contributed by atoms with van der Waals surface area (Å²) in [5.74, 6) is -1.87. The summed E-state index contributed by atoms with van der Waals surface area (Å²) in [7, 11) is 0. The summed E-state index contributed by atoms with van der Waals surface area (Å²) in [5, 5.41) is 0. The second-order valence-corrected chi connectivity index (χ2v) is 8.53. The minimum atomic E-state index is -0.742. The lowest BCUT2D eigenvalue weighted by Gasteiger charge is -2.25. The van der Waals surface area contributed by atoms with Crippen molar-refractivity contribution in [2.45, 2.75) is 38.9 Å². The van der Waals surface area contributed by atoms with Gasteiger partial charge in [-0.05, 0) is 45.0 Å². The number of carbonyl (C=O) groups excluding carboxylic acids is 3. The maximum absolute atomic E-state index is 14.8. The van der Waals surface area contributed by atoms with Crippen LogP contribution < -0.4 is 9.64 Å². The van der Waals surface area contributed by atoms with Crippen LogP contribution in [0.3, 0.4) is 0 Å². The average Bonchev–Trinajstić information content (AvgIpc) is 3.26. The minimum absolute atomic E-state index is 0.0746. The number of amides is 3. The lowest BCUT2D eigenvalue weighted by Crippen LogP contribution is -2.36. The van der Waals surface area contributed by atoms with E-state index in [1.807, 2.05) is 0 Å². The summed E-state index contributed by atoms with van der Waals surface area (Å²) in [4.78, 5) is 40.3. The molecule has 0 bridgehead atoms. The third-order valence-corrected chi connectivity index (χ3v) is 5.06. The first-order valence-electron chi connectivity index (χ1n) is 10.1. The molecule has 2 aromatic carbocycles. The Morgan fingerprint density at radius 2 is 1.68 bits per heavy atom. The van der Waals surface area contributed by atoms with Gasteiger partial charge >= 0.3 is 6.09 Å². The number of ether oxygens (including phenoxy) is 2. The van der Waals surface area contributed by atoms with Crippen LogP contribution in [0.5, 0.6) is 5.75 Å². The zero-order valence-corrected chi connectivity index (χ0v) is 17.6. The normalized spacial score (nSPS) is 18.4. The van der Waals surface area contributed by atoms with Crippen LogP contribution in [0.2, 0.25) is 0 Å². The van der Waals surface area contributed by atoms with E-state index in [0.717, 1.165) is 4.90 Å². The van der Waals surface area contributed by atoms with Gasteiger partial charge in [0.15, 0.2) is 5.82 Å². The maximum atomic E-state index is 14.8.